The van der Waals surface area contributed by atoms with Crippen molar-refractivity contribution in [2.24, 2.45) is 0 Å². The summed E-state index contributed by atoms with van der Waals surface area (Å²) in [5.74, 6) is 0.744. The van der Waals surface area contributed by atoms with Crippen LogP contribution in [0.5, 0.6) is 5.88 Å². The summed E-state index contributed by atoms with van der Waals surface area (Å²) in [4.78, 5) is 6.82. The summed E-state index contributed by atoms with van der Waals surface area (Å²) in [7, 11) is 1.69. The molecule has 0 aliphatic carbocycles. The zero-order valence-electron chi connectivity index (χ0n) is 12.4. The van der Waals surface area contributed by atoms with Crippen molar-refractivity contribution in [3.63, 3.8) is 0 Å². The van der Waals surface area contributed by atoms with Crippen LogP contribution in [0.2, 0.25) is 0 Å². The van der Waals surface area contributed by atoms with Gasteiger partial charge < -0.3 is 10.1 Å². The van der Waals surface area contributed by atoms with Crippen LogP contribution >= 0.6 is 0 Å². The molecule has 2 rings (SSSR count). The lowest BCUT2D eigenvalue weighted by Gasteiger charge is -2.44. The molecule has 1 N–H and O–H groups in total. The monoisotopic (exact) mass is 263 g/mol. The van der Waals surface area contributed by atoms with Gasteiger partial charge in [-0.3, -0.25) is 4.90 Å². The molecular weight excluding hydrogens is 238 g/mol. The van der Waals surface area contributed by atoms with Crippen LogP contribution < -0.4 is 10.1 Å². The van der Waals surface area contributed by atoms with Crippen molar-refractivity contribution in [3.8, 4) is 5.88 Å². The Morgan fingerprint density at radius 3 is 3.00 bits per heavy atom. The average molecular weight is 263 g/mol. The molecule has 106 valence electrons. The maximum absolute atomic E-state index is 5.35. The van der Waals surface area contributed by atoms with E-state index in [1.165, 1.54) is 5.56 Å². The lowest BCUT2D eigenvalue weighted by Crippen LogP contribution is -2.61. The minimum Gasteiger partial charge on any atom is -0.481 e. The highest BCUT2D eigenvalue weighted by Crippen LogP contribution is 2.23. The molecule has 4 heteroatoms. The van der Waals surface area contributed by atoms with E-state index in [-0.39, 0.29) is 5.54 Å². The normalized spacial score (nSPS) is 23.3. The number of hydrogen-bond donors (Lipinski definition) is 1. The average Bonchev–Trinajstić information content (AvgIpc) is 2.39. The van der Waals surface area contributed by atoms with Crippen LogP contribution in [-0.4, -0.2) is 41.7 Å². The van der Waals surface area contributed by atoms with Gasteiger partial charge in [0.1, 0.15) is 0 Å². The van der Waals surface area contributed by atoms with Crippen molar-refractivity contribution < 1.29 is 4.74 Å². The van der Waals surface area contributed by atoms with E-state index < -0.39 is 0 Å². The molecule has 1 aromatic rings. The molecule has 19 heavy (non-hydrogen) atoms. The maximum Gasteiger partial charge on any atom is 0.217 e. The van der Waals surface area contributed by atoms with Crippen LogP contribution in [0.25, 0.3) is 0 Å². The number of ether oxygens (including phenoxy) is 1. The van der Waals surface area contributed by atoms with E-state index in [2.05, 4.69) is 42.0 Å². The number of pyridine rings is 1. The van der Waals surface area contributed by atoms with Crippen molar-refractivity contribution in [1.29, 1.82) is 0 Å². The number of nitrogens with one attached hydrogen (secondary N) is 1. The lowest BCUT2D eigenvalue weighted by molar-refractivity contribution is 0.0849. The van der Waals surface area contributed by atoms with Gasteiger partial charge in [-0.2, -0.15) is 0 Å². The molecule has 1 aliphatic heterocycles. The first-order valence-corrected chi connectivity index (χ1v) is 7.02. The smallest absolute Gasteiger partial charge is 0.217 e. The van der Waals surface area contributed by atoms with Gasteiger partial charge in [-0.05, 0) is 26.3 Å². The molecule has 1 saturated heterocycles. The number of rotatable bonds is 4. The molecule has 0 aromatic carbocycles. The Kier molecular flexibility index (Phi) is 4.42. The van der Waals surface area contributed by atoms with Gasteiger partial charge in [0.15, 0.2) is 0 Å². The third-order valence-corrected chi connectivity index (χ3v) is 3.82. The number of hydrogen-bond acceptors (Lipinski definition) is 4. The predicted molar refractivity (Wildman–Crippen MR) is 77.4 cm³/mol. The van der Waals surface area contributed by atoms with Gasteiger partial charge in [-0.15, -0.1) is 0 Å². The highest BCUT2D eigenvalue weighted by Gasteiger charge is 2.31. The van der Waals surface area contributed by atoms with Crippen molar-refractivity contribution >= 4 is 0 Å². The van der Waals surface area contributed by atoms with Gasteiger partial charge in [-0.1, -0.05) is 13.0 Å². The van der Waals surface area contributed by atoms with Crippen LogP contribution in [0.1, 0.15) is 32.8 Å². The van der Waals surface area contributed by atoms with Gasteiger partial charge in [0.05, 0.1) is 7.11 Å². The maximum atomic E-state index is 5.35. The summed E-state index contributed by atoms with van der Waals surface area (Å²) in [6.45, 7) is 9.76. The number of nitrogens with zero attached hydrogens (tertiary/aromatic N) is 2. The van der Waals surface area contributed by atoms with Crippen LogP contribution in [-0.2, 0) is 6.54 Å². The summed E-state index contributed by atoms with van der Waals surface area (Å²) < 4.78 is 5.35. The second-order valence-electron chi connectivity index (χ2n) is 5.90. The molecule has 1 aliphatic rings. The van der Waals surface area contributed by atoms with Crippen LogP contribution in [0, 0.1) is 0 Å². The third kappa shape index (κ3) is 3.45. The fourth-order valence-corrected chi connectivity index (χ4v) is 2.75. The summed E-state index contributed by atoms with van der Waals surface area (Å²) in [5, 5.41) is 3.62. The Morgan fingerprint density at radius 1 is 1.53 bits per heavy atom. The molecular formula is C15H25N3O. The van der Waals surface area contributed by atoms with E-state index in [0.29, 0.717) is 6.04 Å². The van der Waals surface area contributed by atoms with Crippen molar-refractivity contribution in [1.82, 2.24) is 15.2 Å². The molecule has 0 saturated carbocycles. The molecule has 0 bridgehead atoms. The molecule has 0 radical (unpaired) electrons. The Balaban J connectivity index is 2.14. The van der Waals surface area contributed by atoms with Gasteiger partial charge in [0, 0.05) is 43.0 Å². The van der Waals surface area contributed by atoms with Crippen LogP contribution in [0.3, 0.4) is 0 Å². The molecule has 1 aromatic heterocycles. The zero-order valence-corrected chi connectivity index (χ0v) is 12.4. The molecule has 4 nitrogen and oxygen atoms in total. The lowest BCUT2D eigenvalue weighted by atomic mass is 9.97. The molecule has 1 fully saturated rings. The summed E-state index contributed by atoms with van der Waals surface area (Å²) >= 11 is 0. The number of aromatic nitrogens is 1. The Hall–Kier alpha value is -1.13. The summed E-state index contributed by atoms with van der Waals surface area (Å²) in [6.07, 6.45) is 2.94. The third-order valence-electron chi connectivity index (χ3n) is 3.82. The number of piperazine rings is 1. The standard InChI is InChI=1S/C15H25N3O/c1-5-13-9-17-15(2,3)11-18(13)10-12-7-6-8-16-14(12)19-4/h6-8,13,17H,5,9-11H2,1-4H3. The topological polar surface area (TPSA) is 37.4 Å². The van der Waals surface area contributed by atoms with E-state index >= 15 is 0 Å². The minimum absolute atomic E-state index is 0.168. The summed E-state index contributed by atoms with van der Waals surface area (Å²) in [6, 6.07) is 4.66. The zero-order chi connectivity index (χ0) is 13.9. The van der Waals surface area contributed by atoms with E-state index in [0.717, 1.165) is 31.9 Å². The SMILES string of the molecule is CCC1CNC(C)(C)CN1Cc1cccnc1OC. The van der Waals surface area contributed by atoms with Gasteiger partial charge in [-0.25, -0.2) is 4.98 Å². The molecule has 2 heterocycles. The quantitative estimate of drug-likeness (QED) is 0.902. The molecule has 0 spiro atoms. The first-order valence-electron chi connectivity index (χ1n) is 7.02. The molecule has 0 amide bonds. The number of methoxy groups -OCH3 is 1. The fraction of sp³-hybridized carbons (Fsp3) is 0.667. The van der Waals surface area contributed by atoms with Gasteiger partial charge in [0.25, 0.3) is 0 Å². The van der Waals surface area contributed by atoms with Gasteiger partial charge in [0.2, 0.25) is 5.88 Å². The van der Waals surface area contributed by atoms with Gasteiger partial charge >= 0.3 is 0 Å². The van der Waals surface area contributed by atoms with E-state index in [9.17, 15) is 0 Å². The first kappa shape index (κ1) is 14.3. The molecule has 1 unspecified atom stereocenters. The van der Waals surface area contributed by atoms with Crippen molar-refractivity contribution in [2.45, 2.75) is 45.3 Å². The fourth-order valence-electron chi connectivity index (χ4n) is 2.75. The summed E-state index contributed by atoms with van der Waals surface area (Å²) in [5.41, 5.74) is 1.34. The Morgan fingerprint density at radius 2 is 2.32 bits per heavy atom. The van der Waals surface area contributed by atoms with Crippen LogP contribution in [0.15, 0.2) is 18.3 Å². The predicted octanol–water partition coefficient (Wildman–Crippen LogP) is 2.05. The molecule has 1 atom stereocenters. The van der Waals surface area contributed by atoms with Crippen molar-refractivity contribution in [3.05, 3.63) is 23.9 Å². The highest BCUT2D eigenvalue weighted by atomic mass is 16.5. The largest absolute Gasteiger partial charge is 0.481 e. The second-order valence-corrected chi connectivity index (χ2v) is 5.90. The van der Waals surface area contributed by atoms with Crippen LogP contribution in [0.4, 0.5) is 0 Å². The van der Waals surface area contributed by atoms with E-state index in [1.807, 2.05) is 6.07 Å². The Bertz CT molecular complexity index is 420. The van der Waals surface area contributed by atoms with Crippen molar-refractivity contribution in [2.75, 3.05) is 20.2 Å². The highest BCUT2D eigenvalue weighted by molar-refractivity contribution is 5.25. The second kappa shape index (κ2) is 5.88. The Labute approximate surface area is 116 Å². The van der Waals surface area contributed by atoms with E-state index in [4.69, 9.17) is 4.74 Å². The minimum atomic E-state index is 0.168. The van der Waals surface area contributed by atoms with E-state index in [1.54, 1.807) is 13.3 Å². The first-order chi connectivity index (χ1) is 9.05.